The van der Waals surface area contributed by atoms with Crippen LogP contribution in [0.1, 0.15) is 64.2 Å². The van der Waals surface area contributed by atoms with E-state index in [-0.39, 0.29) is 89.3 Å². The summed E-state index contributed by atoms with van der Waals surface area (Å²) < 4.78 is 72.9. The molecule has 0 spiro atoms. The molecular formula is C21H29KO8S. The molecule has 0 amide bonds. The average Bonchev–Trinajstić information content (AvgIpc) is 3.00. The number of Topliss-reactive ketones (excluding diaryl/α,β-unsaturated/α-hetero) is 1. The smallest absolute Gasteiger partial charge is 0.726 e. The molecule has 10 heteroatoms. The number of aliphatic hydroxyl groups is 2. The SMILES string of the molecule is [2H]C1([2H])[C@]([2H])(O)[C@@]2([2H])[C@@H](CCC3=CC(=O)CC[C@@]32C)[C@@H]2CC[C@](O)(C(=O)COS(=O)(=O)[O-])[C@]21C.[K+]. The van der Waals surface area contributed by atoms with Crippen LogP contribution in [0.2, 0.25) is 0 Å². The van der Waals surface area contributed by atoms with E-state index in [1.165, 1.54) is 13.0 Å². The van der Waals surface area contributed by atoms with Gasteiger partial charge in [-0.3, -0.25) is 13.8 Å². The Labute approximate surface area is 231 Å². The molecule has 7 atom stereocenters. The fraction of sp³-hybridized carbons (Fsp3) is 0.810. The van der Waals surface area contributed by atoms with Crippen LogP contribution in [0.4, 0.5) is 0 Å². The first-order valence-corrected chi connectivity index (χ1v) is 11.5. The predicted octanol–water partition coefficient (Wildman–Crippen LogP) is -1.73. The minimum Gasteiger partial charge on any atom is -0.726 e. The average molecular weight is 485 g/mol. The number of hydrogen-bond acceptors (Lipinski definition) is 8. The monoisotopic (exact) mass is 484 g/mol. The van der Waals surface area contributed by atoms with E-state index in [1.807, 2.05) is 0 Å². The molecule has 0 aromatic carbocycles. The van der Waals surface area contributed by atoms with Gasteiger partial charge in [0.1, 0.15) is 12.2 Å². The van der Waals surface area contributed by atoms with Crippen LogP contribution < -0.4 is 51.4 Å². The summed E-state index contributed by atoms with van der Waals surface area (Å²) in [5.74, 6) is -5.08. The van der Waals surface area contributed by atoms with Gasteiger partial charge < -0.3 is 14.8 Å². The molecule has 0 bridgehead atoms. The Balaban J connectivity index is 0.00000342. The van der Waals surface area contributed by atoms with Crippen molar-refractivity contribution in [3.63, 3.8) is 0 Å². The quantitative estimate of drug-likeness (QED) is 0.272. The third-order valence-corrected chi connectivity index (χ3v) is 8.34. The molecule has 168 valence electrons. The van der Waals surface area contributed by atoms with Crippen LogP contribution in [0.25, 0.3) is 0 Å². The minimum absolute atomic E-state index is 0. The third kappa shape index (κ3) is 4.13. The van der Waals surface area contributed by atoms with Crippen molar-refractivity contribution in [2.45, 2.75) is 70.4 Å². The van der Waals surface area contributed by atoms with Crippen LogP contribution in [-0.4, -0.2) is 53.0 Å². The summed E-state index contributed by atoms with van der Waals surface area (Å²) in [5.41, 5.74) is -5.21. The Morgan fingerprint density at radius 2 is 2.03 bits per heavy atom. The summed E-state index contributed by atoms with van der Waals surface area (Å²) in [6, 6.07) is 0. The molecule has 2 N–H and O–H groups in total. The van der Waals surface area contributed by atoms with Gasteiger partial charge >= 0.3 is 51.4 Å². The van der Waals surface area contributed by atoms with Crippen LogP contribution in [0.5, 0.6) is 0 Å². The number of hydrogen-bond donors (Lipinski definition) is 2. The molecule has 0 unspecified atom stereocenters. The van der Waals surface area contributed by atoms with E-state index in [9.17, 15) is 34.1 Å². The number of ketones is 2. The van der Waals surface area contributed by atoms with E-state index in [2.05, 4.69) is 4.18 Å². The molecule has 0 radical (unpaired) electrons. The van der Waals surface area contributed by atoms with E-state index in [0.717, 1.165) is 0 Å². The van der Waals surface area contributed by atoms with Gasteiger partial charge in [-0.1, -0.05) is 19.4 Å². The standard InChI is InChI=1S/C21H30O8S.K/c1-19-7-5-13(22)9-12(19)3-4-14-15-6-8-21(25,17(24)11-29-30(26,27)28)20(15,2)10-16(23)18(14)19;/h9,14-16,18,23,25H,3-8,10-11H2,1-2H3,(H,26,27,28);/q;+1/p-1/t14-,15-,16-,18+,19-,20-,21-;/m0./s1/i10D2,16D,18D;. The van der Waals surface area contributed by atoms with Crippen molar-refractivity contribution in [2.75, 3.05) is 6.61 Å². The number of rotatable bonds is 4. The van der Waals surface area contributed by atoms with Crippen LogP contribution in [0.3, 0.4) is 0 Å². The fourth-order valence-electron chi connectivity index (χ4n) is 6.33. The third-order valence-electron chi connectivity index (χ3n) is 7.94. The van der Waals surface area contributed by atoms with Crippen LogP contribution in [0, 0.1) is 28.6 Å². The molecule has 0 aromatic heterocycles. The largest absolute Gasteiger partial charge is 1.00 e. The maximum absolute atomic E-state index is 13.0. The Morgan fingerprint density at radius 3 is 2.68 bits per heavy atom. The first-order valence-electron chi connectivity index (χ1n) is 12.1. The maximum atomic E-state index is 13.0. The molecule has 4 aliphatic rings. The Hall–Kier alpha value is 0.506. The van der Waals surface area contributed by atoms with Crippen molar-refractivity contribution in [1.82, 2.24) is 0 Å². The summed E-state index contributed by atoms with van der Waals surface area (Å²) in [6.07, 6.45) is -4.04. The number of carbonyl (C=O) groups is 2. The zero-order valence-electron chi connectivity index (χ0n) is 21.9. The van der Waals surface area contributed by atoms with Gasteiger partial charge in [0.25, 0.3) is 0 Å². The molecule has 4 rings (SSSR count). The Bertz CT molecular complexity index is 1100. The van der Waals surface area contributed by atoms with Gasteiger partial charge in [0.05, 0.1) is 7.45 Å². The summed E-state index contributed by atoms with van der Waals surface area (Å²) in [5, 5.41) is 23.1. The van der Waals surface area contributed by atoms with Crippen molar-refractivity contribution < 1.29 is 93.8 Å². The Kier molecular flexibility index (Phi) is 5.80. The van der Waals surface area contributed by atoms with Gasteiger partial charge in [0, 0.05) is 15.9 Å². The molecule has 3 fully saturated rings. The molecular weight excluding hydrogens is 451 g/mol. The molecule has 8 nitrogen and oxygen atoms in total. The first kappa shape index (κ1) is 20.8. The van der Waals surface area contributed by atoms with Gasteiger partial charge in [-0.05, 0) is 67.7 Å². The van der Waals surface area contributed by atoms with Crippen LogP contribution in [0.15, 0.2) is 11.6 Å². The van der Waals surface area contributed by atoms with Crippen LogP contribution in [-0.2, 0) is 24.2 Å². The van der Waals surface area contributed by atoms with E-state index in [0.29, 0.717) is 12.0 Å². The molecule has 4 aliphatic carbocycles. The van der Waals surface area contributed by atoms with Gasteiger partial charge in [0.2, 0.25) is 10.4 Å². The van der Waals surface area contributed by atoms with Crippen LogP contribution >= 0.6 is 0 Å². The summed E-state index contributed by atoms with van der Waals surface area (Å²) in [6.45, 7) is 1.61. The summed E-state index contributed by atoms with van der Waals surface area (Å²) >= 11 is 0. The molecule has 31 heavy (non-hydrogen) atoms. The second-order valence-corrected chi connectivity index (χ2v) is 10.4. The van der Waals surface area contributed by atoms with Crippen molar-refractivity contribution >= 4 is 22.0 Å². The number of fused-ring (bicyclic) bond motifs is 5. The number of allylic oxidation sites excluding steroid dienone is 1. The molecule has 0 saturated heterocycles. The molecule has 0 aliphatic heterocycles. The zero-order chi connectivity index (χ0) is 25.8. The molecule has 3 saturated carbocycles. The fourth-order valence-corrected chi connectivity index (χ4v) is 6.58. The topological polar surface area (TPSA) is 141 Å². The molecule has 0 heterocycles. The van der Waals surface area contributed by atoms with Crippen molar-refractivity contribution in [3.05, 3.63) is 11.6 Å². The van der Waals surface area contributed by atoms with E-state index in [1.54, 1.807) is 6.92 Å². The van der Waals surface area contributed by atoms with E-state index >= 15 is 0 Å². The second-order valence-electron chi connectivity index (χ2n) is 9.30. The van der Waals surface area contributed by atoms with E-state index in [4.69, 9.17) is 4.11 Å². The molecule has 0 aromatic rings. The number of carbonyl (C=O) groups excluding carboxylic acids is 2. The second kappa shape index (κ2) is 8.62. The van der Waals surface area contributed by atoms with Crippen molar-refractivity contribution in [1.29, 1.82) is 0 Å². The van der Waals surface area contributed by atoms with Crippen molar-refractivity contribution in [3.8, 4) is 0 Å². The van der Waals surface area contributed by atoms with Crippen molar-refractivity contribution in [2.24, 2.45) is 28.6 Å². The Morgan fingerprint density at radius 1 is 1.35 bits per heavy atom. The minimum atomic E-state index is -5.26. The summed E-state index contributed by atoms with van der Waals surface area (Å²) in [7, 11) is -5.26. The maximum Gasteiger partial charge on any atom is 1.00 e. The first-order chi connectivity index (χ1) is 15.3. The predicted molar refractivity (Wildman–Crippen MR) is 104 cm³/mol. The van der Waals surface area contributed by atoms with E-state index < -0.39 is 69.4 Å². The normalized spacial score (nSPS) is 52.7. The van der Waals surface area contributed by atoms with Gasteiger partial charge in [0.15, 0.2) is 11.6 Å². The van der Waals surface area contributed by atoms with Gasteiger partial charge in [-0.2, -0.15) is 0 Å². The summed E-state index contributed by atoms with van der Waals surface area (Å²) in [4.78, 5) is 25.0. The van der Waals surface area contributed by atoms with Gasteiger partial charge in [-0.25, -0.2) is 8.42 Å². The zero-order valence-corrected chi connectivity index (χ0v) is 21.9. The van der Waals surface area contributed by atoms with Gasteiger partial charge in [-0.15, -0.1) is 0 Å².